The van der Waals surface area contributed by atoms with Crippen LogP contribution in [0, 0.1) is 35.5 Å². The zero-order chi connectivity index (χ0) is 63.8. The number of ether oxygens (including phenoxy) is 1. The molecule has 1 fully saturated rings. The van der Waals surface area contributed by atoms with Crippen LogP contribution in [0.2, 0.25) is 0 Å². The Labute approximate surface area is 512 Å². The van der Waals surface area contributed by atoms with Crippen molar-refractivity contribution in [1.82, 2.24) is 30.3 Å². The van der Waals surface area contributed by atoms with E-state index in [-0.39, 0.29) is 129 Å². The number of esters is 1. The van der Waals surface area contributed by atoms with Gasteiger partial charge in [0, 0.05) is 100.0 Å². The number of benzene rings is 1. The fourth-order valence-corrected chi connectivity index (χ4v) is 12.4. The Morgan fingerprint density at radius 3 is 2.12 bits per heavy atom. The predicted octanol–water partition coefficient (Wildman–Crippen LogP) is 8.32. The maximum absolute atomic E-state index is 14.9. The minimum Gasteiger partial charge on any atom is -0.481 e. The van der Waals surface area contributed by atoms with Crippen molar-refractivity contribution in [3.8, 4) is 0 Å². The molecule has 2 aromatic rings. The molecule has 1 aromatic heterocycles. The van der Waals surface area contributed by atoms with Gasteiger partial charge in [0.2, 0.25) is 17.7 Å². The molecule has 9 atom stereocenters. The molecule has 6 amide bonds. The predicted molar refractivity (Wildman–Crippen MR) is 328 cm³/mol. The first-order valence-electron chi connectivity index (χ1n) is 31.2. The number of carbonyl (C=O) groups excluding carboxylic acids is 10. The summed E-state index contributed by atoms with van der Waals surface area (Å²) in [7, 11) is 1.97. The van der Waals surface area contributed by atoms with E-state index >= 15 is 0 Å². The van der Waals surface area contributed by atoms with Crippen LogP contribution in [0.25, 0.3) is 0 Å². The number of carbonyl (C=O) groups is 11. The van der Waals surface area contributed by atoms with E-state index in [2.05, 4.69) is 15.5 Å². The van der Waals surface area contributed by atoms with Gasteiger partial charge in [0.25, 0.3) is 17.7 Å². The number of nitrogens with two attached hydrogens (primary N) is 1. The summed E-state index contributed by atoms with van der Waals surface area (Å²) in [6.07, 6.45) is 8.68. The van der Waals surface area contributed by atoms with Gasteiger partial charge >= 0.3 is 11.9 Å². The zero-order valence-electron chi connectivity index (χ0n) is 52.6. The molecule has 2 aliphatic rings. The Bertz CT molecular complexity index is 2670. The summed E-state index contributed by atoms with van der Waals surface area (Å²) >= 11 is 1.12. The first-order valence-corrected chi connectivity index (χ1v) is 32.1. The lowest BCUT2D eigenvalue weighted by Crippen LogP contribution is -2.50. The molecule has 5 N–H and O–H groups in total. The number of likely N-dealkylation sites (N-methyl/N-ethyl adjacent to an activating group) is 1. The Morgan fingerprint density at radius 2 is 1.51 bits per heavy atom. The number of hydrogen-bond donors (Lipinski definition) is 4. The monoisotopic (exact) mass is 1220 g/mol. The van der Waals surface area contributed by atoms with E-state index in [1.807, 2.05) is 60.4 Å². The molecule has 20 nitrogen and oxygen atoms in total. The fraction of sp³-hybridized carbons (Fsp3) is 0.662. The average Bonchev–Trinajstić information content (AvgIpc) is 4.22. The van der Waals surface area contributed by atoms with Crippen LogP contribution in [-0.2, 0) is 65.5 Å². The third kappa shape index (κ3) is 22.7. The Hall–Kier alpha value is -6.48. The number of hydrogen-bond acceptors (Lipinski definition) is 15. The number of likely N-dealkylation sites (tertiary alicyclic amines) is 1. The second-order valence-corrected chi connectivity index (χ2v) is 25.4. The lowest BCUT2D eigenvalue weighted by Gasteiger charge is -2.39. The van der Waals surface area contributed by atoms with Crippen molar-refractivity contribution < 1.29 is 62.6 Å². The molecule has 476 valence electrons. The van der Waals surface area contributed by atoms with E-state index < -0.39 is 71.6 Å². The molecular weight excluding hydrogens is 1120 g/mol. The molecule has 1 aromatic carbocycles. The molecule has 0 radical (unpaired) electrons. The molecule has 0 aliphatic carbocycles. The van der Waals surface area contributed by atoms with Gasteiger partial charge in [-0.25, -0.2) is 4.98 Å². The number of carboxylic acids is 1. The van der Waals surface area contributed by atoms with Gasteiger partial charge in [-0.15, -0.1) is 11.3 Å². The van der Waals surface area contributed by atoms with Gasteiger partial charge < -0.3 is 31.1 Å². The number of nitrogens with zero attached hydrogens (tertiary/aromatic N) is 4. The number of amides is 6. The lowest BCUT2D eigenvalue weighted by atomic mass is 9.82. The summed E-state index contributed by atoms with van der Waals surface area (Å²) in [4.78, 5) is 155. The van der Waals surface area contributed by atoms with Gasteiger partial charge in [-0.2, -0.15) is 0 Å². The van der Waals surface area contributed by atoms with Crippen LogP contribution >= 0.6 is 11.3 Å². The fourth-order valence-electron chi connectivity index (χ4n) is 11.6. The van der Waals surface area contributed by atoms with Crippen LogP contribution in [0.3, 0.4) is 0 Å². The third-order valence-electron chi connectivity index (χ3n) is 17.0. The van der Waals surface area contributed by atoms with Gasteiger partial charge in [0.05, 0.1) is 18.0 Å². The highest BCUT2D eigenvalue weighted by Crippen LogP contribution is 2.34. The number of unbranched alkanes of at least 4 members (excludes halogenated alkanes) is 3. The molecule has 0 unspecified atom stereocenters. The van der Waals surface area contributed by atoms with Crippen molar-refractivity contribution >= 4 is 76.1 Å². The Morgan fingerprint density at radius 1 is 0.837 bits per heavy atom. The molecular formula is C65H97N7O13S. The van der Waals surface area contributed by atoms with Gasteiger partial charge in [-0.1, -0.05) is 105 Å². The van der Waals surface area contributed by atoms with Crippen LogP contribution in [0.1, 0.15) is 204 Å². The van der Waals surface area contributed by atoms with E-state index in [9.17, 15) is 57.8 Å². The minimum atomic E-state index is -1.08. The van der Waals surface area contributed by atoms with E-state index in [0.29, 0.717) is 67.6 Å². The summed E-state index contributed by atoms with van der Waals surface area (Å²) in [5.74, 6) is -7.13. The number of nitrogens with one attached hydrogen (secondary N) is 2. The molecule has 21 heteroatoms. The normalized spacial score (nSPS) is 17.3. The smallest absolute Gasteiger partial charge is 0.306 e. The molecule has 0 spiro atoms. The number of carboxylic acid groups (broad SMARTS) is 1. The second-order valence-electron chi connectivity index (χ2n) is 24.5. The lowest BCUT2D eigenvalue weighted by molar-refractivity contribution is -0.150. The van der Waals surface area contributed by atoms with E-state index in [4.69, 9.17) is 15.5 Å². The maximum atomic E-state index is 14.9. The number of Topliss-reactive ketones (excluding diaryl/α,β-unsaturated/α-hetero) is 3. The Kier molecular flexibility index (Phi) is 30.1. The number of aliphatic carboxylic acids is 1. The number of thiazole rings is 1. The van der Waals surface area contributed by atoms with Crippen molar-refractivity contribution in [2.24, 2.45) is 41.2 Å². The minimum absolute atomic E-state index is 0.000565. The van der Waals surface area contributed by atoms with Gasteiger partial charge in [-0.3, -0.25) is 62.5 Å². The largest absolute Gasteiger partial charge is 0.481 e. The topological polar surface area (TPSA) is 290 Å². The first-order chi connectivity index (χ1) is 40.8. The summed E-state index contributed by atoms with van der Waals surface area (Å²) in [5, 5.41) is 17.9. The zero-order valence-corrected chi connectivity index (χ0v) is 53.4. The third-order valence-corrected chi connectivity index (χ3v) is 17.9. The van der Waals surface area contributed by atoms with E-state index in [1.54, 1.807) is 29.6 Å². The number of rotatable bonds is 40. The average molecular weight is 1220 g/mol. The molecule has 86 heavy (non-hydrogen) atoms. The summed E-state index contributed by atoms with van der Waals surface area (Å²) in [6, 6.07) is 4.61. The molecule has 3 heterocycles. The van der Waals surface area contributed by atoms with Crippen molar-refractivity contribution in [3.05, 3.63) is 63.6 Å². The molecule has 1 saturated heterocycles. The SMILES string of the molecule is CCCN(C(=O)[C@@H](CC(=O)[C@H]1CCCCN1C)[C@@H](C)CC)[C@H](C[C@@H](OC(C)=O)c1nc(C(=O)N[C@@H](Cc2ccccc2CC(=O)[C@H](CCCCC(N)=O)NC(=O)[C@@H](CC(=O)CCCCCN2C(=O)C=CC2=O)C(C)C)C[C@H](C)C(=O)O)cs1)C(C)C. The maximum Gasteiger partial charge on any atom is 0.306 e. The van der Waals surface area contributed by atoms with Crippen LogP contribution in [0.5, 0.6) is 0 Å². The molecule has 2 aliphatic heterocycles. The van der Waals surface area contributed by atoms with Crippen molar-refractivity contribution in [2.75, 3.05) is 26.7 Å². The quantitative estimate of drug-likeness (QED) is 0.0277. The first kappa shape index (κ1) is 72.0. The van der Waals surface area contributed by atoms with Crippen LogP contribution in [0.15, 0.2) is 41.8 Å². The molecule has 0 saturated carbocycles. The standard InChI is InChI=1S/C65H97N7O13S/c1-11-30-71(64(82)50(42(7)12-2)37-56(76)53-26-19-21-31-70(53)10)54(41(5)6)38-57(85-44(9)73)63-69-52(39-86-63)62(81)67-47(33-43(8)65(83)84)34-45-22-15-16-23-46(45)35-55(75)51(25-17-18-27-58(66)77)68-61(80)49(40(3)4)36-48(74)24-14-13-20-32-72-59(78)28-29-60(72)79/h15-16,22-23,28-29,39-43,47,49-51,53-54,57H,11-14,17-21,24-27,30-38H2,1-10H3,(H2,66,77)(H,67,81)(H,68,80)(H,83,84)/t42-,43-,47+,49-,50-,51-,53+,54+,57+/m0/s1. The van der Waals surface area contributed by atoms with Crippen molar-refractivity contribution in [2.45, 2.75) is 215 Å². The van der Waals surface area contributed by atoms with Crippen molar-refractivity contribution in [1.29, 1.82) is 0 Å². The summed E-state index contributed by atoms with van der Waals surface area (Å²) in [5.41, 5.74) is 6.64. The summed E-state index contributed by atoms with van der Waals surface area (Å²) in [6.45, 7) is 18.0. The number of primary amides is 1. The molecule has 4 rings (SSSR count). The highest BCUT2D eigenvalue weighted by Gasteiger charge is 2.39. The second kappa shape index (κ2) is 36.0. The highest BCUT2D eigenvalue weighted by molar-refractivity contribution is 7.09. The number of piperidine rings is 1. The number of imide groups is 1. The van der Waals surface area contributed by atoms with Gasteiger partial charge in [0.1, 0.15) is 16.5 Å². The van der Waals surface area contributed by atoms with Crippen LogP contribution in [0.4, 0.5) is 0 Å². The Balaban J connectivity index is 1.54. The molecule has 0 bridgehead atoms. The number of aromatic nitrogens is 1. The van der Waals surface area contributed by atoms with Gasteiger partial charge in [-0.05, 0) is 100 Å². The van der Waals surface area contributed by atoms with Crippen LogP contribution in [-0.4, -0.2) is 140 Å². The van der Waals surface area contributed by atoms with E-state index in [0.717, 1.165) is 42.0 Å². The summed E-state index contributed by atoms with van der Waals surface area (Å²) < 4.78 is 5.95. The highest BCUT2D eigenvalue weighted by atomic mass is 32.1. The van der Waals surface area contributed by atoms with Crippen molar-refractivity contribution in [3.63, 3.8) is 0 Å². The van der Waals surface area contributed by atoms with Gasteiger partial charge in [0.15, 0.2) is 17.7 Å². The van der Waals surface area contributed by atoms with E-state index in [1.165, 1.54) is 26.0 Å². The number of ketones is 3. The van der Waals surface area contributed by atoms with Crippen LogP contribution < -0.4 is 16.4 Å².